The third-order valence-electron chi connectivity index (χ3n) is 2.69. The SMILES string of the molecule is CC(C)C(Br)C(=O)N(C)CCOc1cccc(Cl)c1. The van der Waals surface area contributed by atoms with E-state index >= 15 is 0 Å². The number of likely N-dealkylation sites (N-methyl/N-ethyl adjacent to an activating group) is 1. The largest absolute Gasteiger partial charge is 0.492 e. The van der Waals surface area contributed by atoms with E-state index in [0.717, 1.165) is 0 Å². The first kappa shape index (κ1) is 16.3. The van der Waals surface area contributed by atoms with Crippen LogP contribution in [0.5, 0.6) is 5.75 Å². The maximum absolute atomic E-state index is 12.0. The molecule has 0 aliphatic carbocycles. The van der Waals surface area contributed by atoms with Crippen LogP contribution in [0.2, 0.25) is 5.02 Å². The van der Waals surface area contributed by atoms with Crippen molar-refractivity contribution in [1.29, 1.82) is 0 Å². The fraction of sp³-hybridized carbons (Fsp3) is 0.500. The van der Waals surface area contributed by atoms with E-state index in [4.69, 9.17) is 16.3 Å². The number of carbonyl (C=O) groups is 1. The molecule has 1 rings (SSSR count). The monoisotopic (exact) mass is 347 g/mol. The zero-order valence-corrected chi connectivity index (χ0v) is 13.7. The molecule has 0 saturated heterocycles. The van der Waals surface area contributed by atoms with E-state index in [1.807, 2.05) is 26.0 Å². The zero-order chi connectivity index (χ0) is 14.4. The molecule has 0 aliphatic rings. The van der Waals surface area contributed by atoms with Crippen LogP contribution in [0.1, 0.15) is 13.8 Å². The van der Waals surface area contributed by atoms with E-state index in [-0.39, 0.29) is 16.7 Å². The number of ether oxygens (including phenoxy) is 1. The second-order valence-electron chi connectivity index (χ2n) is 4.71. The Morgan fingerprint density at radius 1 is 1.47 bits per heavy atom. The van der Waals surface area contributed by atoms with E-state index in [1.54, 1.807) is 24.1 Å². The number of rotatable bonds is 6. The smallest absolute Gasteiger partial charge is 0.236 e. The van der Waals surface area contributed by atoms with Gasteiger partial charge in [-0.25, -0.2) is 0 Å². The fourth-order valence-corrected chi connectivity index (χ4v) is 1.99. The van der Waals surface area contributed by atoms with Crippen LogP contribution in [-0.2, 0) is 4.79 Å². The summed E-state index contributed by atoms with van der Waals surface area (Å²) >= 11 is 9.27. The minimum absolute atomic E-state index is 0.0738. The molecule has 106 valence electrons. The molecule has 0 fully saturated rings. The van der Waals surface area contributed by atoms with Crippen molar-refractivity contribution in [2.45, 2.75) is 18.7 Å². The molecular formula is C14H19BrClNO2. The van der Waals surface area contributed by atoms with Crippen molar-refractivity contribution in [2.75, 3.05) is 20.2 Å². The number of hydrogen-bond acceptors (Lipinski definition) is 2. The quantitative estimate of drug-likeness (QED) is 0.735. The maximum atomic E-state index is 12.0. The number of amides is 1. The molecule has 0 spiro atoms. The summed E-state index contributed by atoms with van der Waals surface area (Å²) in [5.74, 6) is 1.06. The molecule has 5 heteroatoms. The minimum Gasteiger partial charge on any atom is -0.492 e. The topological polar surface area (TPSA) is 29.5 Å². The third-order valence-corrected chi connectivity index (χ3v) is 4.37. The summed E-state index contributed by atoms with van der Waals surface area (Å²) in [5.41, 5.74) is 0. The molecule has 0 radical (unpaired) electrons. The third kappa shape index (κ3) is 5.41. The number of hydrogen-bond donors (Lipinski definition) is 0. The van der Waals surface area contributed by atoms with Crippen molar-refractivity contribution in [3.8, 4) is 5.75 Å². The van der Waals surface area contributed by atoms with Gasteiger partial charge < -0.3 is 9.64 Å². The molecule has 0 aliphatic heterocycles. The van der Waals surface area contributed by atoms with Gasteiger partial charge in [-0.05, 0) is 24.1 Å². The molecule has 0 heterocycles. The van der Waals surface area contributed by atoms with Gasteiger partial charge in [0.05, 0.1) is 11.4 Å². The first-order valence-corrected chi connectivity index (χ1v) is 7.48. The van der Waals surface area contributed by atoms with Gasteiger partial charge in [0.25, 0.3) is 0 Å². The van der Waals surface area contributed by atoms with E-state index in [1.165, 1.54) is 0 Å². The molecule has 0 N–H and O–H groups in total. The van der Waals surface area contributed by atoms with Crippen LogP contribution in [0, 0.1) is 5.92 Å². The lowest BCUT2D eigenvalue weighted by molar-refractivity contribution is -0.130. The van der Waals surface area contributed by atoms with Gasteiger partial charge >= 0.3 is 0 Å². The highest BCUT2D eigenvalue weighted by Crippen LogP contribution is 2.17. The second-order valence-corrected chi connectivity index (χ2v) is 6.13. The molecule has 1 unspecified atom stereocenters. The van der Waals surface area contributed by atoms with Crippen LogP contribution >= 0.6 is 27.5 Å². The average molecular weight is 349 g/mol. The lowest BCUT2D eigenvalue weighted by Crippen LogP contribution is -2.38. The number of nitrogens with zero attached hydrogens (tertiary/aromatic N) is 1. The van der Waals surface area contributed by atoms with Crippen molar-refractivity contribution in [3.63, 3.8) is 0 Å². The summed E-state index contributed by atoms with van der Waals surface area (Å²) in [5, 5.41) is 0.641. The highest BCUT2D eigenvalue weighted by molar-refractivity contribution is 9.10. The van der Waals surface area contributed by atoms with Gasteiger partial charge in [0, 0.05) is 12.1 Å². The Labute approximate surface area is 128 Å². The van der Waals surface area contributed by atoms with Crippen molar-refractivity contribution < 1.29 is 9.53 Å². The van der Waals surface area contributed by atoms with Crippen molar-refractivity contribution in [2.24, 2.45) is 5.92 Å². The first-order valence-electron chi connectivity index (χ1n) is 6.19. The van der Waals surface area contributed by atoms with Gasteiger partial charge in [0.1, 0.15) is 12.4 Å². The Bertz CT molecular complexity index is 426. The summed E-state index contributed by atoms with van der Waals surface area (Å²) in [6.07, 6.45) is 0. The van der Waals surface area contributed by atoms with Gasteiger partial charge in [0.2, 0.25) is 5.91 Å². The number of halogens is 2. The summed E-state index contributed by atoms with van der Waals surface area (Å²) in [4.78, 5) is 13.5. The molecule has 0 saturated carbocycles. The van der Waals surface area contributed by atoms with E-state index in [0.29, 0.717) is 23.9 Å². The molecule has 0 bridgehead atoms. The van der Waals surface area contributed by atoms with Crippen LogP contribution in [0.25, 0.3) is 0 Å². The fourth-order valence-electron chi connectivity index (χ4n) is 1.46. The summed E-state index contributed by atoms with van der Waals surface area (Å²) in [6.45, 7) is 5.00. The lowest BCUT2D eigenvalue weighted by Gasteiger charge is -2.22. The van der Waals surface area contributed by atoms with Gasteiger partial charge in [-0.1, -0.05) is 47.4 Å². The van der Waals surface area contributed by atoms with Crippen molar-refractivity contribution >= 4 is 33.4 Å². The van der Waals surface area contributed by atoms with Gasteiger partial charge in [-0.2, -0.15) is 0 Å². The Kier molecular flexibility index (Phi) is 6.66. The molecular weight excluding hydrogens is 330 g/mol. The normalized spacial score (nSPS) is 12.3. The van der Waals surface area contributed by atoms with E-state index in [9.17, 15) is 4.79 Å². The predicted octanol–water partition coefficient (Wildman–Crippen LogP) is 3.60. The standard InChI is InChI=1S/C14H19BrClNO2/c1-10(2)13(15)14(18)17(3)7-8-19-12-6-4-5-11(16)9-12/h4-6,9-10,13H,7-8H2,1-3H3. The highest BCUT2D eigenvalue weighted by atomic mass is 79.9. The maximum Gasteiger partial charge on any atom is 0.236 e. The first-order chi connectivity index (χ1) is 8.91. The molecule has 0 aromatic heterocycles. The second kappa shape index (κ2) is 7.75. The Hall–Kier alpha value is -0.740. The molecule has 3 nitrogen and oxygen atoms in total. The Morgan fingerprint density at radius 2 is 2.16 bits per heavy atom. The lowest BCUT2D eigenvalue weighted by atomic mass is 10.1. The predicted molar refractivity (Wildman–Crippen MR) is 82.1 cm³/mol. The van der Waals surface area contributed by atoms with Crippen LogP contribution in [0.3, 0.4) is 0 Å². The number of alkyl halides is 1. The summed E-state index contributed by atoms with van der Waals surface area (Å²) in [7, 11) is 1.78. The molecule has 1 aromatic carbocycles. The summed E-state index contributed by atoms with van der Waals surface area (Å²) in [6, 6.07) is 7.22. The number of carbonyl (C=O) groups excluding carboxylic acids is 1. The van der Waals surface area contributed by atoms with Crippen LogP contribution in [0.15, 0.2) is 24.3 Å². The van der Waals surface area contributed by atoms with Crippen molar-refractivity contribution in [3.05, 3.63) is 29.3 Å². The molecule has 1 atom stereocenters. The summed E-state index contributed by atoms with van der Waals surface area (Å²) < 4.78 is 5.55. The van der Waals surface area contributed by atoms with Crippen molar-refractivity contribution in [1.82, 2.24) is 4.90 Å². The van der Waals surface area contributed by atoms with Gasteiger partial charge in [-0.3, -0.25) is 4.79 Å². The van der Waals surface area contributed by atoms with Crippen LogP contribution < -0.4 is 4.74 Å². The molecule has 1 aromatic rings. The Morgan fingerprint density at radius 3 is 2.74 bits per heavy atom. The van der Waals surface area contributed by atoms with E-state index < -0.39 is 0 Å². The average Bonchev–Trinajstić information content (AvgIpc) is 2.36. The Balaban J connectivity index is 2.38. The van der Waals surface area contributed by atoms with Crippen LogP contribution in [-0.4, -0.2) is 35.8 Å². The highest BCUT2D eigenvalue weighted by Gasteiger charge is 2.21. The van der Waals surface area contributed by atoms with Gasteiger partial charge in [-0.15, -0.1) is 0 Å². The number of benzene rings is 1. The van der Waals surface area contributed by atoms with Crippen LogP contribution in [0.4, 0.5) is 0 Å². The van der Waals surface area contributed by atoms with Gasteiger partial charge in [0.15, 0.2) is 0 Å². The molecule has 19 heavy (non-hydrogen) atoms. The minimum atomic E-state index is -0.149. The van der Waals surface area contributed by atoms with E-state index in [2.05, 4.69) is 15.9 Å². The zero-order valence-electron chi connectivity index (χ0n) is 11.4. The molecule has 1 amide bonds.